The van der Waals surface area contributed by atoms with Crippen molar-refractivity contribution in [3.63, 3.8) is 0 Å². The molecule has 0 heteroatoms. The van der Waals surface area contributed by atoms with Crippen molar-refractivity contribution in [1.29, 1.82) is 0 Å². The Morgan fingerprint density at radius 2 is 1.07 bits per heavy atom. The fourth-order valence-corrected chi connectivity index (χ4v) is 10.2. The number of hydrogen-bond acceptors (Lipinski definition) is 0. The maximum absolute atomic E-state index is 2.46. The number of fused-ring (bicyclic) bond motifs is 4. The smallest absolute Gasteiger partial charge is 0.0345 e. The molecule has 0 aliphatic heterocycles. The highest BCUT2D eigenvalue weighted by Gasteiger charge is 2.32. The van der Waals surface area contributed by atoms with Crippen LogP contribution in [0.2, 0.25) is 0 Å². The van der Waals surface area contributed by atoms with Crippen molar-refractivity contribution < 1.29 is 0 Å². The van der Waals surface area contributed by atoms with Crippen molar-refractivity contribution >= 4 is 61.3 Å². The van der Waals surface area contributed by atoms with Gasteiger partial charge in [0.2, 0.25) is 0 Å². The Morgan fingerprint density at radius 3 is 1.84 bits per heavy atom. The summed E-state index contributed by atoms with van der Waals surface area (Å²) in [5.74, 6) is 0.325. The van der Waals surface area contributed by atoms with E-state index in [2.05, 4.69) is 212 Å². The maximum Gasteiger partial charge on any atom is 0.0345 e. The van der Waals surface area contributed by atoms with Gasteiger partial charge in [0.15, 0.2) is 0 Å². The minimum atomic E-state index is 0.325. The van der Waals surface area contributed by atoms with Crippen LogP contribution in [0.4, 0.5) is 0 Å². The van der Waals surface area contributed by atoms with Crippen LogP contribution in [-0.4, -0.2) is 0 Å². The first-order chi connectivity index (χ1) is 28.8. The van der Waals surface area contributed by atoms with Gasteiger partial charge in [-0.3, -0.25) is 0 Å². The third kappa shape index (κ3) is 5.08. The predicted molar refractivity (Wildman–Crippen MR) is 249 cm³/mol. The van der Waals surface area contributed by atoms with Gasteiger partial charge in [-0.05, 0) is 122 Å². The quantitative estimate of drug-likeness (QED) is 0.122. The summed E-state index contributed by atoms with van der Waals surface area (Å²) in [5, 5.41) is 10.2. The topological polar surface area (TPSA) is 0 Å². The number of allylic oxidation sites excluding steroid dienone is 7. The Kier molecular flexibility index (Phi) is 7.46. The second-order valence-corrected chi connectivity index (χ2v) is 15.9. The van der Waals surface area contributed by atoms with E-state index in [0.717, 1.165) is 6.42 Å². The summed E-state index contributed by atoms with van der Waals surface area (Å²) in [6.45, 7) is 0. The standard InChI is InChI=1S/C58H38/c1-2-15-44-38(11-1)12-10-22-47(44)48-34-31-39(45-16-3-4-17-46(45)48)26-23-37-24-27-42(28-25-37)56-49-18-5-7-20-51(49)58(52-21-8-6-19-50(52)56)54-36-33-43-30-29-40-13-9-14-41-32-35-53(54)57(43)55(40)41/h1-34,36,55H,35H2. The molecule has 9 aromatic carbocycles. The van der Waals surface area contributed by atoms with Crippen molar-refractivity contribution in [2.75, 3.05) is 0 Å². The molecule has 0 radical (unpaired) electrons. The van der Waals surface area contributed by atoms with Crippen LogP contribution in [0.1, 0.15) is 33.7 Å². The lowest BCUT2D eigenvalue weighted by molar-refractivity contribution is 0.894. The molecular weight excluding hydrogens is 697 g/mol. The van der Waals surface area contributed by atoms with Crippen molar-refractivity contribution in [3.05, 3.63) is 233 Å². The fraction of sp³-hybridized carbons (Fsp3) is 0.0345. The summed E-state index contributed by atoms with van der Waals surface area (Å²) in [6.07, 6.45) is 19.4. The monoisotopic (exact) mass is 734 g/mol. The van der Waals surface area contributed by atoms with Crippen LogP contribution >= 0.6 is 0 Å². The van der Waals surface area contributed by atoms with Gasteiger partial charge in [-0.25, -0.2) is 0 Å². The Balaban J connectivity index is 0.945. The van der Waals surface area contributed by atoms with Crippen LogP contribution in [-0.2, 0) is 6.42 Å². The predicted octanol–water partition coefficient (Wildman–Crippen LogP) is 15.6. The second kappa shape index (κ2) is 13.2. The Morgan fingerprint density at radius 1 is 0.431 bits per heavy atom. The minimum Gasteiger partial charge on any atom is -0.0759 e. The molecule has 0 nitrogen and oxygen atoms in total. The van der Waals surface area contributed by atoms with Gasteiger partial charge >= 0.3 is 0 Å². The summed E-state index contributed by atoms with van der Waals surface area (Å²) >= 11 is 0. The Labute approximate surface area is 338 Å². The molecule has 0 amide bonds. The summed E-state index contributed by atoms with van der Waals surface area (Å²) < 4.78 is 0. The summed E-state index contributed by atoms with van der Waals surface area (Å²) in [5.41, 5.74) is 17.3. The number of benzene rings is 9. The summed E-state index contributed by atoms with van der Waals surface area (Å²) in [4.78, 5) is 0. The van der Waals surface area contributed by atoms with Gasteiger partial charge in [-0.1, -0.05) is 212 Å². The summed E-state index contributed by atoms with van der Waals surface area (Å²) in [6, 6.07) is 60.6. The van der Waals surface area contributed by atoms with Crippen LogP contribution in [0.3, 0.4) is 0 Å². The molecule has 0 bridgehead atoms. The minimum absolute atomic E-state index is 0.325. The van der Waals surface area contributed by atoms with Crippen molar-refractivity contribution in [2.45, 2.75) is 12.3 Å². The zero-order chi connectivity index (χ0) is 38.2. The molecule has 3 aliphatic carbocycles. The van der Waals surface area contributed by atoms with E-state index in [9.17, 15) is 0 Å². The van der Waals surface area contributed by atoms with Gasteiger partial charge in [-0.2, -0.15) is 0 Å². The van der Waals surface area contributed by atoms with Crippen LogP contribution < -0.4 is 0 Å². The fourth-order valence-electron chi connectivity index (χ4n) is 10.2. The lowest BCUT2D eigenvalue weighted by Crippen LogP contribution is -2.18. The van der Waals surface area contributed by atoms with E-state index in [1.807, 2.05) is 0 Å². The molecule has 0 fully saturated rings. The van der Waals surface area contributed by atoms with Crippen molar-refractivity contribution in [3.8, 4) is 33.4 Å². The number of hydrogen-bond donors (Lipinski definition) is 0. The van der Waals surface area contributed by atoms with E-state index in [4.69, 9.17) is 0 Å². The highest BCUT2D eigenvalue weighted by atomic mass is 14.4. The molecule has 0 aromatic heterocycles. The third-order valence-corrected chi connectivity index (χ3v) is 12.8. The van der Waals surface area contributed by atoms with Gasteiger partial charge in [0.1, 0.15) is 0 Å². The van der Waals surface area contributed by atoms with Crippen LogP contribution in [0.15, 0.2) is 205 Å². The maximum atomic E-state index is 2.46. The molecule has 0 saturated carbocycles. The molecule has 0 heterocycles. The highest BCUT2D eigenvalue weighted by Crippen LogP contribution is 2.51. The SMILES string of the molecule is C1=CC2=CCc3c(-c4c5ccccc5c(-c5ccc(C=Cc6ccc(-c7cccc8ccccc78)c7ccccc67)cc5)c5ccccc45)ccc4c3C2C(=C1)C=C4. The Hall–Kier alpha value is -7.28. The van der Waals surface area contributed by atoms with Gasteiger partial charge < -0.3 is 0 Å². The van der Waals surface area contributed by atoms with Crippen molar-refractivity contribution in [2.24, 2.45) is 0 Å². The van der Waals surface area contributed by atoms with E-state index < -0.39 is 0 Å². The van der Waals surface area contributed by atoms with E-state index in [1.54, 1.807) is 0 Å². The van der Waals surface area contributed by atoms with Crippen LogP contribution in [0, 0.1) is 0 Å². The molecule has 270 valence electrons. The van der Waals surface area contributed by atoms with E-state index >= 15 is 0 Å². The normalized spacial score (nSPS) is 15.3. The zero-order valence-corrected chi connectivity index (χ0v) is 32.0. The molecule has 1 atom stereocenters. The van der Waals surface area contributed by atoms with Gasteiger partial charge in [-0.15, -0.1) is 0 Å². The largest absolute Gasteiger partial charge is 0.0759 e. The molecule has 9 aromatic rings. The average molecular weight is 735 g/mol. The second-order valence-electron chi connectivity index (χ2n) is 15.9. The average Bonchev–Trinajstić information content (AvgIpc) is 3.29. The first kappa shape index (κ1) is 32.9. The molecule has 0 saturated heterocycles. The lowest BCUT2D eigenvalue weighted by Gasteiger charge is -2.34. The Bertz CT molecular complexity index is 3280. The molecule has 3 aliphatic rings. The van der Waals surface area contributed by atoms with E-state index in [-0.39, 0.29) is 0 Å². The lowest BCUT2D eigenvalue weighted by atomic mass is 9.69. The van der Waals surface area contributed by atoms with Crippen LogP contribution in [0.5, 0.6) is 0 Å². The van der Waals surface area contributed by atoms with E-state index in [1.165, 1.54) is 115 Å². The molecule has 0 spiro atoms. The van der Waals surface area contributed by atoms with E-state index in [0.29, 0.717) is 5.92 Å². The molecule has 1 unspecified atom stereocenters. The van der Waals surface area contributed by atoms with Crippen LogP contribution in [0.25, 0.3) is 94.7 Å². The first-order valence-corrected chi connectivity index (χ1v) is 20.4. The van der Waals surface area contributed by atoms with Gasteiger partial charge in [0, 0.05) is 5.92 Å². The van der Waals surface area contributed by atoms with Crippen molar-refractivity contribution in [1.82, 2.24) is 0 Å². The molecule has 12 rings (SSSR count). The third-order valence-electron chi connectivity index (χ3n) is 12.8. The molecule has 58 heavy (non-hydrogen) atoms. The summed E-state index contributed by atoms with van der Waals surface area (Å²) in [7, 11) is 0. The molecule has 0 N–H and O–H groups in total. The van der Waals surface area contributed by atoms with Gasteiger partial charge in [0.05, 0.1) is 0 Å². The number of rotatable bonds is 5. The first-order valence-electron chi connectivity index (χ1n) is 20.4. The highest BCUT2D eigenvalue weighted by molar-refractivity contribution is 6.22. The molecular formula is C58H38. The van der Waals surface area contributed by atoms with Gasteiger partial charge in [0.25, 0.3) is 0 Å². The zero-order valence-electron chi connectivity index (χ0n) is 32.0.